The number of anilines is 1. The molecule has 1 saturated heterocycles. The predicted molar refractivity (Wildman–Crippen MR) is 211 cm³/mol. The maximum Gasteiger partial charge on any atom is 0.410 e. The fourth-order valence-corrected chi connectivity index (χ4v) is 7.54. The molecule has 5 rings (SSSR count). The maximum absolute atomic E-state index is 14.3. The topological polar surface area (TPSA) is 106 Å². The van der Waals surface area contributed by atoms with Gasteiger partial charge in [-0.05, 0) is 87.6 Å². The molecule has 0 unspecified atom stereocenters. The number of nitrogens with one attached hydrogen (secondary N) is 2. The Labute approximate surface area is 321 Å². The number of rotatable bonds is 12. The lowest BCUT2D eigenvalue weighted by atomic mass is 9.84. The summed E-state index contributed by atoms with van der Waals surface area (Å²) >= 11 is 7.75. The van der Waals surface area contributed by atoms with Crippen LogP contribution in [-0.4, -0.2) is 72.3 Å². The zero-order valence-electron chi connectivity index (χ0n) is 30.8. The van der Waals surface area contributed by atoms with Gasteiger partial charge in [0.25, 0.3) is 0 Å². The first-order valence-electron chi connectivity index (χ1n) is 17.8. The molecule has 0 aromatic heterocycles. The Morgan fingerprint density at radius 1 is 0.906 bits per heavy atom. The molecule has 1 fully saturated rings. The van der Waals surface area contributed by atoms with E-state index in [9.17, 15) is 14.4 Å². The second-order valence-electron chi connectivity index (χ2n) is 14.0. The highest BCUT2D eigenvalue weighted by molar-refractivity contribution is 7.99. The van der Waals surface area contributed by atoms with Crippen LogP contribution in [0.15, 0.2) is 114 Å². The minimum absolute atomic E-state index is 0.214. The van der Waals surface area contributed by atoms with Crippen molar-refractivity contribution in [1.82, 2.24) is 10.2 Å². The van der Waals surface area contributed by atoms with Crippen LogP contribution < -0.4 is 10.6 Å². The van der Waals surface area contributed by atoms with Gasteiger partial charge < -0.3 is 29.7 Å². The third-order valence-corrected chi connectivity index (χ3v) is 10.4. The Bertz CT molecular complexity index is 1770. The average molecular weight is 758 g/mol. The van der Waals surface area contributed by atoms with Crippen molar-refractivity contribution >= 4 is 47.1 Å². The number of hydrogen-bond acceptors (Lipinski definition) is 7. The molecule has 4 atom stereocenters. The highest BCUT2D eigenvalue weighted by Crippen LogP contribution is 2.32. The summed E-state index contributed by atoms with van der Waals surface area (Å²) in [6, 6.07) is 33.3. The van der Waals surface area contributed by atoms with Crippen LogP contribution in [0.5, 0.6) is 0 Å². The molecule has 11 heteroatoms. The molecule has 1 aliphatic rings. The van der Waals surface area contributed by atoms with Crippen molar-refractivity contribution in [1.29, 1.82) is 0 Å². The predicted octanol–water partition coefficient (Wildman–Crippen LogP) is 8.95. The largest absolute Gasteiger partial charge is 0.453 e. The third kappa shape index (κ3) is 11.2. The lowest BCUT2D eigenvalue weighted by Gasteiger charge is -2.43. The number of hydrogen-bond donors (Lipinski definition) is 2. The van der Waals surface area contributed by atoms with Crippen LogP contribution in [-0.2, 0) is 25.4 Å². The number of ether oxygens (including phenoxy) is 3. The molecule has 2 N–H and O–H groups in total. The van der Waals surface area contributed by atoms with Gasteiger partial charge in [0.15, 0.2) is 0 Å². The molecule has 0 bridgehead atoms. The highest BCUT2D eigenvalue weighted by Gasteiger charge is 2.39. The van der Waals surface area contributed by atoms with Gasteiger partial charge in [-0.15, -0.1) is 11.8 Å². The molecule has 4 aromatic rings. The Morgan fingerprint density at radius 2 is 1.51 bits per heavy atom. The standard InChI is InChI=1S/C42H48ClN3O6S/c1-28-36(27-53-34-24-21-32(43)22-25-34)51-33(26-46(28)41(49)52-42(2,3)4)23-20-29-14-12-13-19-35(29)44-39(47)38(45-40(48)50-5)37(30-15-8-6-9-16-30)31-17-10-7-11-18-31/h6-19,21-22,24-25,28,33,36-38H,20,23,26-27H2,1-5H3,(H,44,47)(H,45,48)/t28-,33-,36-,38+/m1/s1. The van der Waals surface area contributed by atoms with E-state index in [1.54, 1.807) is 16.7 Å². The van der Waals surface area contributed by atoms with Crippen LogP contribution in [0.1, 0.15) is 56.7 Å². The molecule has 0 spiro atoms. The number of thioether (sulfide) groups is 1. The highest BCUT2D eigenvalue weighted by atomic mass is 35.5. The molecule has 280 valence electrons. The van der Waals surface area contributed by atoms with Crippen molar-refractivity contribution in [2.45, 2.75) is 81.2 Å². The zero-order chi connectivity index (χ0) is 38.0. The summed E-state index contributed by atoms with van der Waals surface area (Å²) < 4.78 is 17.4. The fraction of sp³-hybridized carbons (Fsp3) is 0.357. The maximum atomic E-state index is 14.3. The van der Waals surface area contributed by atoms with Crippen LogP contribution in [0.3, 0.4) is 0 Å². The summed E-state index contributed by atoms with van der Waals surface area (Å²) in [5.74, 6) is -0.259. The number of carbonyl (C=O) groups is 3. The number of morpholine rings is 1. The van der Waals surface area contributed by atoms with Gasteiger partial charge in [-0.1, -0.05) is 90.5 Å². The summed E-state index contributed by atoms with van der Waals surface area (Å²) in [6.07, 6.45) is -0.477. The zero-order valence-corrected chi connectivity index (χ0v) is 32.4. The molecule has 1 aliphatic heterocycles. The van der Waals surface area contributed by atoms with E-state index in [1.807, 2.05) is 137 Å². The SMILES string of the molecule is COC(=O)N[C@H](C(=O)Nc1ccccc1CC[C@@H]1CN(C(=O)OC(C)(C)C)[C@H](C)[C@@H](CSc2ccc(Cl)cc2)O1)C(c1ccccc1)c1ccccc1. The summed E-state index contributed by atoms with van der Waals surface area (Å²) in [6.45, 7) is 7.95. The number of aryl methyl sites for hydroxylation is 1. The van der Waals surface area contributed by atoms with E-state index in [4.69, 9.17) is 25.8 Å². The molecule has 3 amide bonds. The Morgan fingerprint density at radius 3 is 2.11 bits per heavy atom. The van der Waals surface area contributed by atoms with E-state index in [0.29, 0.717) is 35.8 Å². The monoisotopic (exact) mass is 757 g/mol. The molecule has 0 radical (unpaired) electrons. The molecule has 0 aliphatic carbocycles. The van der Waals surface area contributed by atoms with E-state index >= 15 is 0 Å². The van der Waals surface area contributed by atoms with E-state index in [-0.39, 0.29) is 24.3 Å². The van der Waals surface area contributed by atoms with Crippen molar-refractivity contribution in [3.05, 3.63) is 131 Å². The van der Waals surface area contributed by atoms with Crippen molar-refractivity contribution in [2.24, 2.45) is 0 Å². The van der Waals surface area contributed by atoms with Crippen molar-refractivity contribution in [3.8, 4) is 0 Å². The van der Waals surface area contributed by atoms with Gasteiger partial charge in [0.1, 0.15) is 11.6 Å². The summed E-state index contributed by atoms with van der Waals surface area (Å²) in [4.78, 5) is 43.2. The quantitative estimate of drug-likeness (QED) is 0.139. The van der Waals surface area contributed by atoms with Crippen LogP contribution >= 0.6 is 23.4 Å². The first kappa shape index (κ1) is 39.7. The fourth-order valence-electron chi connectivity index (χ4n) is 6.37. The molecular weight excluding hydrogens is 710 g/mol. The molecule has 0 saturated carbocycles. The van der Waals surface area contributed by atoms with Gasteiger partial charge in [0.05, 0.1) is 31.9 Å². The molecule has 4 aromatic carbocycles. The minimum atomic E-state index is -0.996. The van der Waals surface area contributed by atoms with Crippen LogP contribution in [0.4, 0.5) is 15.3 Å². The van der Waals surface area contributed by atoms with E-state index in [0.717, 1.165) is 21.6 Å². The van der Waals surface area contributed by atoms with Gasteiger partial charge in [0.2, 0.25) is 5.91 Å². The number of amides is 3. The Balaban J connectivity index is 1.35. The van der Waals surface area contributed by atoms with Crippen LogP contribution in [0.25, 0.3) is 0 Å². The van der Waals surface area contributed by atoms with E-state index < -0.39 is 29.6 Å². The van der Waals surface area contributed by atoms with Gasteiger partial charge >= 0.3 is 12.2 Å². The number of halogens is 1. The lowest BCUT2D eigenvalue weighted by molar-refractivity contribution is -0.118. The lowest BCUT2D eigenvalue weighted by Crippen LogP contribution is -2.57. The van der Waals surface area contributed by atoms with Gasteiger partial charge in [-0.3, -0.25) is 4.79 Å². The number of nitrogens with zero attached hydrogens (tertiary/aromatic N) is 1. The van der Waals surface area contributed by atoms with Crippen molar-refractivity contribution in [3.63, 3.8) is 0 Å². The molecule has 1 heterocycles. The van der Waals surface area contributed by atoms with E-state index in [1.165, 1.54) is 7.11 Å². The Hall–Kier alpha value is -4.51. The Kier molecular flexibility index (Phi) is 13.9. The first-order valence-corrected chi connectivity index (χ1v) is 19.1. The number of carbonyl (C=O) groups excluding carboxylic acids is 3. The van der Waals surface area contributed by atoms with Gasteiger partial charge in [0, 0.05) is 27.3 Å². The molecule has 9 nitrogen and oxygen atoms in total. The second kappa shape index (κ2) is 18.5. The average Bonchev–Trinajstić information content (AvgIpc) is 3.14. The van der Waals surface area contributed by atoms with Crippen molar-refractivity contribution in [2.75, 3.05) is 24.7 Å². The second-order valence-corrected chi connectivity index (χ2v) is 15.6. The summed E-state index contributed by atoms with van der Waals surface area (Å²) in [5.41, 5.74) is 2.61. The number of methoxy groups -OCH3 is 1. The number of benzene rings is 4. The van der Waals surface area contributed by atoms with Crippen LogP contribution in [0.2, 0.25) is 5.02 Å². The van der Waals surface area contributed by atoms with Crippen LogP contribution in [0, 0.1) is 0 Å². The number of alkyl carbamates (subject to hydrolysis) is 1. The molecule has 53 heavy (non-hydrogen) atoms. The summed E-state index contributed by atoms with van der Waals surface area (Å²) in [5, 5.41) is 6.59. The van der Waals surface area contributed by atoms with E-state index in [2.05, 4.69) is 10.6 Å². The molecular formula is C42H48ClN3O6S. The van der Waals surface area contributed by atoms with Gasteiger partial charge in [-0.25, -0.2) is 9.59 Å². The minimum Gasteiger partial charge on any atom is -0.453 e. The first-order chi connectivity index (χ1) is 25.4. The normalized spacial score (nSPS) is 17.9. The van der Waals surface area contributed by atoms with Gasteiger partial charge in [-0.2, -0.15) is 0 Å². The number of para-hydroxylation sites is 1. The van der Waals surface area contributed by atoms with Crippen molar-refractivity contribution < 1.29 is 28.6 Å². The smallest absolute Gasteiger partial charge is 0.410 e. The summed E-state index contributed by atoms with van der Waals surface area (Å²) in [7, 11) is 1.28. The third-order valence-electron chi connectivity index (χ3n) is 9.06.